The molecule has 6 nitrogen and oxygen atoms in total. The van der Waals surface area contributed by atoms with Gasteiger partial charge in [0, 0.05) is 20.3 Å². The summed E-state index contributed by atoms with van der Waals surface area (Å²) >= 11 is 0. The zero-order valence-corrected chi connectivity index (χ0v) is 32.0. The number of carbonyl (C=O) groups is 1. The lowest BCUT2D eigenvalue weighted by molar-refractivity contribution is -0.127. The van der Waals surface area contributed by atoms with Crippen LogP contribution in [-0.2, 0) is 20.0 Å². The molecule has 1 heterocycles. The number of rotatable bonds is 16. The molecule has 0 amide bonds. The van der Waals surface area contributed by atoms with E-state index < -0.39 is 28.5 Å². The molecular weight excluding hydrogens is 585 g/mol. The number of allylic oxidation sites excluding steroid dienone is 1. The predicted octanol–water partition coefficient (Wildman–Crippen LogP) is 9.74. The monoisotopic (exact) mass is 646 g/mol. The van der Waals surface area contributed by atoms with Gasteiger partial charge >= 0.3 is 5.97 Å². The van der Waals surface area contributed by atoms with E-state index in [1.807, 2.05) is 18.2 Å². The molecule has 0 aromatic heterocycles. The van der Waals surface area contributed by atoms with Gasteiger partial charge in [0.05, 0.1) is 18.3 Å². The number of cyclic esters (lactones) is 1. The number of aliphatic hydroxyl groups is 1. The van der Waals surface area contributed by atoms with Crippen LogP contribution in [0.4, 0.5) is 0 Å². The minimum atomic E-state index is -2.26. The molecule has 1 aliphatic rings. The lowest BCUT2D eigenvalue weighted by Crippen LogP contribution is -2.51. The van der Waals surface area contributed by atoms with Gasteiger partial charge in [-0.25, -0.2) is 4.79 Å². The first kappa shape index (κ1) is 38.5. The van der Waals surface area contributed by atoms with Crippen LogP contribution in [-0.4, -0.2) is 51.8 Å². The van der Waals surface area contributed by atoms with Crippen LogP contribution in [0, 0.1) is 0 Å². The van der Waals surface area contributed by atoms with Crippen LogP contribution in [0.1, 0.15) is 111 Å². The van der Waals surface area contributed by atoms with Gasteiger partial charge in [0.15, 0.2) is 8.32 Å². The van der Waals surface area contributed by atoms with Gasteiger partial charge in [-0.3, -0.25) is 0 Å². The quantitative estimate of drug-likeness (QED) is 0.109. The first-order chi connectivity index (χ1) is 20.2. The number of esters is 1. The lowest BCUT2D eigenvalue weighted by Gasteiger charge is -2.45. The molecule has 0 bridgehead atoms. The van der Waals surface area contributed by atoms with Crippen LogP contribution < -0.4 is 4.74 Å². The number of carbonyl (C=O) groups excluding carboxylic acids is 1. The maximum atomic E-state index is 13.0. The predicted molar refractivity (Wildman–Crippen MR) is 187 cm³/mol. The number of ether oxygens (including phenoxy) is 2. The average Bonchev–Trinajstić information content (AvgIpc) is 2.84. The fourth-order valence-electron chi connectivity index (χ4n) is 6.44. The number of aliphatic hydroxyl groups excluding tert-OH is 1. The molecule has 0 saturated carbocycles. The standard InChI is InChI=1S/C36H62O6Si2/c1-15-18-29(37)23-31(41-43(13,14)35(8,9)10)24-30(42-44(25(2)3,26(4)5)27(6)7)21-16-19-28-20-17-22-32-33(28)34(38)40-36(11,12)39-32/h15-17,20-22,25-27,29-31,37H,1,18-19,23-24H2,2-14H3/b21-16+/t29-,30-,31-/m0/s1. The SMILES string of the molecule is C=CC[C@H](O)C[C@@H](C[C@H](/C=C/Cc1cccc2c1C(=O)OC(C)(C)O2)O[Si](C(C)C)(C(C)C)C(C)C)O[Si](C)(C)C(C)(C)C. The second-order valence-electron chi connectivity index (χ2n) is 15.4. The molecule has 0 radical (unpaired) electrons. The molecule has 1 N–H and O–H groups in total. The Labute approximate surface area is 270 Å². The summed E-state index contributed by atoms with van der Waals surface area (Å²) in [7, 11) is -4.40. The van der Waals surface area contributed by atoms with Crippen molar-refractivity contribution in [2.75, 3.05) is 0 Å². The van der Waals surface area contributed by atoms with Crippen molar-refractivity contribution in [1.82, 2.24) is 0 Å². The van der Waals surface area contributed by atoms with Crippen LogP contribution >= 0.6 is 0 Å². The van der Waals surface area contributed by atoms with E-state index >= 15 is 0 Å². The van der Waals surface area contributed by atoms with E-state index in [-0.39, 0.29) is 23.2 Å². The molecule has 0 unspecified atom stereocenters. The molecule has 250 valence electrons. The second-order valence-corrected chi connectivity index (χ2v) is 25.6. The summed E-state index contributed by atoms with van der Waals surface area (Å²) in [6, 6.07) is 5.69. The van der Waals surface area contributed by atoms with Crippen LogP contribution in [0.25, 0.3) is 0 Å². The molecule has 1 aromatic rings. The molecule has 1 aromatic carbocycles. The van der Waals surface area contributed by atoms with Gasteiger partial charge in [0.25, 0.3) is 0 Å². The van der Waals surface area contributed by atoms with Gasteiger partial charge in [-0.2, -0.15) is 0 Å². The summed E-state index contributed by atoms with van der Waals surface area (Å²) in [5, 5.41) is 10.9. The summed E-state index contributed by atoms with van der Waals surface area (Å²) < 4.78 is 25.9. The minimum absolute atomic E-state index is 0.0325. The van der Waals surface area contributed by atoms with Gasteiger partial charge in [-0.15, -0.1) is 6.58 Å². The Hall–Kier alpha value is -1.72. The third-order valence-corrected chi connectivity index (χ3v) is 20.2. The fraction of sp³-hybridized carbons (Fsp3) is 0.694. The van der Waals surface area contributed by atoms with E-state index in [9.17, 15) is 9.90 Å². The summed E-state index contributed by atoms with van der Waals surface area (Å²) in [4.78, 5) is 13.0. The van der Waals surface area contributed by atoms with Gasteiger partial charge in [0.2, 0.25) is 14.1 Å². The van der Waals surface area contributed by atoms with Gasteiger partial charge in [-0.05, 0) is 65.6 Å². The van der Waals surface area contributed by atoms with Crippen molar-refractivity contribution >= 4 is 22.6 Å². The topological polar surface area (TPSA) is 74.2 Å². The van der Waals surface area contributed by atoms with Crippen molar-refractivity contribution in [2.45, 2.75) is 161 Å². The van der Waals surface area contributed by atoms with Gasteiger partial charge in [0.1, 0.15) is 11.3 Å². The van der Waals surface area contributed by atoms with Crippen molar-refractivity contribution < 1.29 is 28.2 Å². The summed E-state index contributed by atoms with van der Waals surface area (Å²) in [6.45, 7) is 32.4. The van der Waals surface area contributed by atoms with Crippen molar-refractivity contribution in [3.63, 3.8) is 0 Å². The highest BCUT2D eigenvalue weighted by molar-refractivity contribution is 6.77. The molecule has 2 rings (SSSR count). The normalized spacial score (nSPS) is 17.9. The Kier molecular flexibility index (Phi) is 13.3. The van der Waals surface area contributed by atoms with E-state index in [1.54, 1.807) is 19.9 Å². The van der Waals surface area contributed by atoms with E-state index in [2.05, 4.69) is 94.1 Å². The highest BCUT2D eigenvalue weighted by Gasteiger charge is 2.47. The highest BCUT2D eigenvalue weighted by atomic mass is 28.4. The summed E-state index contributed by atoms with van der Waals surface area (Å²) in [5.74, 6) is -0.807. The number of fused-ring (bicyclic) bond motifs is 1. The van der Waals surface area contributed by atoms with E-state index in [0.717, 1.165) is 5.56 Å². The molecule has 0 fully saturated rings. The summed E-state index contributed by atoms with van der Waals surface area (Å²) in [6.07, 6.45) is 7.36. The Bertz CT molecular complexity index is 1110. The zero-order valence-electron chi connectivity index (χ0n) is 30.0. The Morgan fingerprint density at radius 3 is 2.09 bits per heavy atom. The first-order valence-electron chi connectivity index (χ1n) is 16.5. The van der Waals surface area contributed by atoms with E-state index in [4.69, 9.17) is 18.3 Å². The first-order valence-corrected chi connectivity index (χ1v) is 21.6. The lowest BCUT2D eigenvalue weighted by atomic mass is 10.0. The van der Waals surface area contributed by atoms with Crippen molar-refractivity contribution in [3.05, 3.63) is 54.1 Å². The third-order valence-electron chi connectivity index (χ3n) is 9.50. The molecule has 3 atom stereocenters. The van der Waals surface area contributed by atoms with Crippen LogP contribution in [0.15, 0.2) is 43.0 Å². The molecule has 1 aliphatic heterocycles. The van der Waals surface area contributed by atoms with Crippen LogP contribution in [0.2, 0.25) is 34.8 Å². The highest BCUT2D eigenvalue weighted by Crippen LogP contribution is 2.44. The fourth-order valence-corrected chi connectivity index (χ4v) is 13.3. The maximum absolute atomic E-state index is 13.0. The van der Waals surface area contributed by atoms with Gasteiger partial charge < -0.3 is 23.4 Å². The molecule has 0 spiro atoms. The Morgan fingerprint density at radius 1 is 0.977 bits per heavy atom. The Morgan fingerprint density at radius 2 is 1.57 bits per heavy atom. The molecular formula is C36H62O6Si2. The Balaban J connectivity index is 2.52. The van der Waals surface area contributed by atoms with E-state index in [0.29, 0.717) is 53.6 Å². The van der Waals surface area contributed by atoms with Crippen LogP contribution in [0.5, 0.6) is 5.75 Å². The van der Waals surface area contributed by atoms with Crippen molar-refractivity contribution in [2.24, 2.45) is 0 Å². The third kappa shape index (κ3) is 9.64. The van der Waals surface area contributed by atoms with Crippen molar-refractivity contribution in [1.29, 1.82) is 0 Å². The largest absolute Gasteiger partial charge is 0.452 e. The minimum Gasteiger partial charge on any atom is -0.452 e. The maximum Gasteiger partial charge on any atom is 0.345 e. The zero-order chi connectivity index (χ0) is 33.7. The average molecular weight is 647 g/mol. The molecule has 0 aliphatic carbocycles. The van der Waals surface area contributed by atoms with E-state index in [1.165, 1.54) is 0 Å². The number of hydrogen-bond acceptors (Lipinski definition) is 6. The van der Waals surface area contributed by atoms with Crippen LogP contribution in [0.3, 0.4) is 0 Å². The van der Waals surface area contributed by atoms with Crippen molar-refractivity contribution in [3.8, 4) is 5.75 Å². The molecule has 8 heteroatoms. The smallest absolute Gasteiger partial charge is 0.345 e. The second kappa shape index (κ2) is 15.2. The van der Waals surface area contributed by atoms with Gasteiger partial charge in [-0.1, -0.05) is 92.7 Å². The molecule has 0 saturated heterocycles. The number of benzene rings is 1. The number of hydrogen-bond donors (Lipinski definition) is 1. The summed E-state index contributed by atoms with van der Waals surface area (Å²) in [5.41, 5.74) is 2.59. The molecule has 44 heavy (non-hydrogen) atoms.